The summed E-state index contributed by atoms with van der Waals surface area (Å²) in [5.41, 5.74) is 0.557. The lowest BCUT2D eigenvalue weighted by Gasteiger charge is -2.31. The number of anilines is 1. The van der Waals surface area contributed by atoms with Crippen molar-refractivity contribution in [3.05, 3.63) is 59.7 Å². The van der Waals surface area contributed by atoms with E-state index >= 15 is 0 Å². The molecule has 32 heavy (non-hydrogen) atoms. The molecule has 0 aromatic heterocycles. The van der Waals surface area contributed by atoms with Crippen molar-refractivity contribution >= 4 is 27.5 Å². The fourth-order valence-electron chi connectivity index (χ4n) is 3.47. The number of amides is 2. The first-order valence-corrected chi connectivity index (χ1v) is 11.7. The van der Waals surface area contributed by atoms with Crippen LogP contribution >= 0.6 is 0 Å². The molecule has 2 aromatic rings. The van der Waals surface area contributed by atoms with Gasteiger partial charge in [-0.15, -0.1) is 0 Å². The van der Waals surface area contributed by atoms with Crippen LogP contribution in [0.5, 0.6) is 0 Å². The molecule has 2 amide bonds. The first-order chi connectivity index (χ1) is 15.1. The number of carbonyl (C=O) groups excluding carboxylic acids is 2. The number of benzene rings is 2. The summed E-state index contributed by atoms with van der Waals surface area (Å²) in [4.78, 5) is 26.1. The fraction of sp³-hybridized carbons (Fsp3) is 0.364. The largest absolute Gasteiger partial charge is 0.354 e. The minimum absolute atomic E-state index is 0.00442. The van der Waals surface area contributed by atoms with Crippen molar-refractivity contribution in [2.75, 3.05) is 17.8 Å². The Hall–Kier alpha value is -3.01. The van der Waals surface area contributed by atoms with Crippen molar-refractivity contribution in [2.24, 2.45) is 5.92 Å². The smallest absolute Gasteiger partial charge is 0.261 e. The molecule has 0 spiro atoms. The van der Waals surface area contributed by atoms with E-state index in [0.717, 1.165) is 12.1 Å². The highest BCUT2D eigenvalue weighted by Gasteiger charge is 2.28. The maximum atomic E-state index is 13.4. The van der Waals surface area contributed by atoms with Crippen LogP contribution in [-0.4, -0.2) is 44.3 Å². The molecule has 0 radical (unpaired) electrons. The van der Waals surface area contributed by atoms with Gasteiger partial charge in [-0.3, -0.25) is 14.3 Å². The van der Waals surface area contributed by atoms with Crippen LogP contribution in [0.2, 0.25) is 0 Å². The Morgan fingerprint density at radius 1 is 1.00 bits per heavy atom. The first-order valence-electron chi connectivity index (χ1n) is 10.2. The van der Waals surface area contributed by atoms with Crippen LogP contribution in [0, 0.1) is 17.6 Å². The van der Waals surface area contributed by atoms with Crippen molar-refractivity contribution in [1.29, 1.82) is 0 Å². The summed E-state index contributed by atoms with van der Waals surface area (Å²) in [6.07, 6.45) is 1.16. The summed E-state index contributed by atoms with van der Waals surface area (Å²) >= 11 is 0. The molecule has 2 N–H and O–H groups in total. The standard InChI is InChI=1S/C22H25F2N3O4S/c1-14(2)25-21(28)15-9-11-27(12-10-15)22(29)16-3-5-17(6-4-16)26-32(30,31)18-7-8-19(23)20(24)13-18/h3-8,13-15,26H,9-12H2,1-2H3,(H,25,28). The van der Waals surface area contributed by atoms with Crippen molar-refractivity contribution in [3.8, 4) is 0 Å². The third-order valence-corrected chi connectivity index (χ3v) is 6.55. The fourth-order valence-corrected chi connectivity index (χ4v) is 4.54. The molecule has 0 aliphatic carbocycles. The summed E-state index contributed by atoms with van der Waals surface area (Å²) in [5.74, 6) is -2.72. The van der Waals surface area contributed by atoms with Crippen LogP contribution in [0.15, 0.2) is 47.4 Å². The summed E-state index contributed by atoms with van der Waals surface area (Å²) in [7, 11) is -4.12. The van der Waals surface area contributed by atoms with Crippen molar-refractivity contribution < 1.29 is 26.8 Å². The highest BCUT2D eigenvalue weighted by Crippen LogP contribution is 2.22. The lowest BCUT2D eigenvalue weighted by molar-refractivity contribution is -0.126. The molecule has 10 heteroatoms. The van der Waals surface area contributed by atoms with Gasteiger partial charge in [0.1, 0.15) is 0 Å². The average Bonchev–Trinajstić information content (AvgIpc) is 2.75. The number of halogens is 2. The Labute approximate surface area is 185 Å². The van der Waals surface area contributed by atoms with Crippen molar-refractivity contribution in [3.63, 3.8) is 0 Å². The number of rotatable bonds is 6. The molecule has 1 heterocycles. The second-order valence-electron chi connectivity index (χ2n) is 7.99. The molecule has 0 unspecified atom stereocenters. The molecule has 0 bridgehead atoms. The van der Waals surface area contributed by atoms with Crippen LogP contribution in [-0.2, 0) is 14.8 Å². The molecule has 172 valence electrons. The highest BCUT2D eigenvalue weighted by atomic mass is 32.2. The van der Waals surface area contributed by atoms with Gasteiger partial charge in [0, 0.05) is 36.3 Å². The number of carbonyl (C=O) groups is 2. The minimum atomic E-state index is -4.12. The van der Waals surface area contributed by atoms with Gasteiger partial charge >= 0.3 is 0 Å². The monoisotopic (exact) mass is 465 g/mol. The lowest BCUT2D eigenvalue weighted by atomic mass is 9.95. The molecule has 1 saturated heterocycles. The van der Waals surface area contributed by atoms with Crippen molar-refractivity contribution in [1.82, 2.24) is 10.2 Å². The summed E-state index contributed by atoms with van der Waals surface area (Å²) in [6, 6.07) is 8.19. The zero-order valence-electron chi connectivity index (χ0n) is 17.8. The van der Waals surface area contributed by atoms with Gasteiger partial charge in [0.15, 0.2) is 11.6 Å². The number of likely N-dealkylation sites (tertiary alicyclic amines) is 1. The van der Waals surface area contributed by atoms with Crippen molar-refractivity contribution in [2.45, 2.75) is 37.6 Å². The van der Waals surface area contributed by atoms with Gasteiger partial charge in [0.25, 0.3) is 15.9 Å². The number of hydrogen-bond donors (Lipinski definition) is 2. The predicted octanol–water partition coefficient (Wildman–Crippen LogP) is 3.14. The van der Waals surface area contributed by atoms with E-state index in [1.165, 1.54) is 24.3 Å². The molecule has 0 atom stereocenters. The van der Waals surface area contributed by atoms with E-state index in [2.05, 4.69) is 10.0 Å². The Morgan fingerprint density at radius 3 is 2.19 bits per heavy atom. The van der Waals surface area contributed by atoms with Gasteiger partial charge in [-0.25, -0.2) is 17.2 Å². The lowest BCUT2D eigenvalue weighted by Crippen LogP contribution is -2.44. The van der Waals surface area contributed by atoms with Gasteiger partial charge in [0.05, 0.1) is 4.90 Å². The molecule has 2 aromatic carbocycles. The van der Waals surface area contributed by atoms with E-state index in [-0.39, 0.29) is 29.5 Å². The van der Waals surface area contributed by atoms with Crippen LogP contribution in [0.3, 0.4) is 0 Å². The minimum Gasteiger partial charge on any atom is -0.354 e. The Morgan fingerprint density at radius 2 is 1.62 bits per heavy atom. The maximum Gasteiger partial charge on any atom is 0.261 e. The van der Waals surface area contributed by atoms with Gasteiger partial charge < -0.3 is 10.2 Å². The Kier molecular flexibility index (Phi) is 7.12. The number of nitrogens with zero attached hydrogens (tertiary/aromatic N) is 1. The number of nitrogens with one attached hydrogen (secondary N) is 2. The van der Waals surface area contributed by atoms with Crippen LogP contribution < -0.4 is 10.0 Å². The molecule has 0 saturated carbocycles. The van der Waals surface area contributed by atoms with E-state index in [4.69, 9.17) is 0 Å². The van der Waals surface area contributed by atoms with Gasteiger partial charge in [-0.2, -0.15) is 0 Å². The second-order valence-corrected chi connectivity index (χ2v) is 9.67. The van der Waals surface area contributed by atoms with E-state index in [1.807, 2.05) is 13.8 Å². The topological polar surface area (TPSA) is 95.6 Å². The highest BCUT2D eigenvalue weighted by molar-refractivity contribution is 7.92. The Balaban J connectivity index is 1.61. The second kappa shape index (κ2) is 9.64. The van der Waals surface area contributed by atoms with Gasteiger partial charge in [0.2, 0.25) is 5.91 Å². The van der Waals surface area contributed by atoms with Gasteiger partial charge in [-0.05, 0) is 69.2 Å². The molecule has 1 fully saturated rings. The first kappa shape index (κ1) is 23.6. The van der Waals surface area contributed by atoms with Crippen LogP contribution in [0.25, 0.3) is 0 Å². The number of piperidine rings is 1. The zero-order chi connectivity index (χ0) is 23.5. The normalized spacial score (nSPS) is 15.0. The summed E-state index contributed by atoms with van der Waals surface area (Å²) < 4.78 is 53.4. The molecule has 3 rings (SSSR count). The van der Waals surface area contributed by atoms with Gasteiger partial charge in [-0.1, -0.05) is 0 Å². The quantitative estimate of drug-likeness (QED) is 0.685. The van der Waals surface area contributed by atoms with E-state index < -0.39 is 26.6 Å². The third-order valence-electron chi connectivity index (χ3n) is 5.17. The van der Waals surface area contributed by atoms with Crippen LogP contribution in [0.1, 0.15) is 37.0 Å². The summed E-state index contributed by atoms with van der Waals surface area (Å²) in [5, 5.41) is 2.89. The predicted molar refractivity (Wildman–Crippen MR) is 116 cm³/mol. The molecule has 1 aliphatic heterocycles. The van der Waals surface area contributed by atoms with E-state index in [0.29, 0.717) is 37.6 Å². The molecule has 7 nitrogen and oxygen atoms in total. The zero-order valence-corrected chi connectivity index (χ0v) is 18.6. The third kappa shape index (κ3) is 5.61. The Bertz CT molecular complexity index is 1100. The van der Waals surface area contributed by atoms with Crippen LogP contribution in [0.4, 0.5) is 14.5 Å². The molecular weight excluding hydrogens is 440 g/mol. The molecule has 1 aliphatic rings. The number of hydrogen-bond acceptors (Lipinski definition) is 4. The SMILES string of the molecule is CC(C)NC(=O)C1CCN(C(=O)c2ccc(NS(=O)(=O)c3ccc(F)c(F)c3)cc2)CC1. The average molecular weight is 466 g/mol. The summed E-state index contributed by atoms with van der Waals surface area (Å²) in [6.45, 7) is 4.72. The number of sulfonamides is 1. The van der Waals surface area contributed by atoms with E-state index in [9.17, 15) is 26.8 Å². The van der Waals surface area contributed by atoms with E-state index in [1.54, 1.807) is 4.90 Å². The maximum absolute atomic E-state index is 13.4. The molecular formula is C22H25F2N3O4S.